The Balaban J connectivity index is 1.90. The second-order valence-corrected chi connectivity index (χ2v) is 4.62. The van der Waals surface area contributed by atoms with Gasteiger partial charge in [0, 0.05) is 6.42 Å². The third-order valence-electron chi connectivity index (χ3n) is 3.58. The van der Waals surface area contributed by atoms with E-state index in [1.54, 1.807) is 6.07 Å². The molecule has 0 spiro atoms. The van der Waals surface area contributed by atoms with Crippen molar-refractivity contribution in [2.45, 2.75) is 31.8 Å². The Morgan fingerprint density at radius 2 is 2.12 bits per heavy atom. The van der Waals surface area contributed by atoms with E-state index in [-0.39, 0.29) is 17.7 Å². The first-order chi connectivity index (χ1) is 7.74. The number of ether oxygens (including phenoxy) is 1. The van der Waals surface area contributed by atoms with Crippen LogP contribution in [0.3, 0.4) is 0 Å². The maximum atomic E-state index is 13.0. The number of halogens is 1. The first kappa shape index (κ1) is 9.82. The van der Waals surface area contributed by atoms with E-state index in [0.717, 1.165) is 12.8 Å². The first-order valence-corrected chi connectivity index (χ1v) is 5.73. The highest BCUT2D eigenvalue weighted by molar-refractivity contribution is 5.99. The third kappa shape index (κ3) is 1.51. The summed E-state index contributed by atoms with van der Waals surface area (Å²) in [6.07, 6.45) is 3.94. The summed E-state index contributed by atoms with van der Waals surface area (Å²) in [5.41, 5.74) is 0.399. The summed E-state index contributed by atoms with van der Waals surface area (Å²) in [5, 5.41) is 0. The number of hydrogen-bond donors (Lipinski definition) is 0. The lowest BCUT2D eigenvalue weighted by molar-refractivity contribution is 0.0546. The van der Waals surface area contributed by atoms with Gasteiger partial charge in [0.05, 0.1) is 5.56 Å². The number of fused-ring (bicyclic) bond motifs is 1. The molecular formula is C13H13FO2. The maximum Gasteiger partial charge on any atom is 0.170 e. The zero-order chi connectivity index (χ0) is 11.1. The molecule has 1 aromatic rings. The van der Waals surface area contributed by atoms with E-state index >= 15 is 0 Å². The fourth-order valence-corrected chi connectivity index (χ4v) is 2.39. The summed E-state index contributed by atoms with van der Waals surface area (Å²) in [4.78, 5) is 11.8. The molecule has 2 aliphatic rings. The highest BCUT2D eigenvalue weighted by atomic mass is 19.1. The molecule has 0 radical (unpaired) electrons. The first-order valence-electron chi connectivity index (χ1n) is 5.73. The highest BCUT2D eigenvalue weighted by Gasteiger charge is 2.35. The van der Waals surface area contributed by atoms with Crippen LogP contribution in [0.25, 0.3) is 0 Å². The Morgan fingerprint density at radius 1 is 1.31 bits per heavy atom. The van der Waals surface area contributed by atoms with Crippen LogP contribution < -0.4 is 4.74 Å². The Labute approximate surface area is 93.4 Å². The average Bonchev–Trinajstić information content (AvgIpc) is 2.17. The minimum Gasteiger partial charge on any atom is -0.489 e. The third-order valence-corrected chi connectivity index (χ3v) is 3.58. The van der Waals surface area contributed by atoms with Crippen molar-refractivity contribution in [2.75, 3.05) is 0 Å². The van der Waals surface area contributed by atoms with Crippen LogP contribution in [-0.4, -0.2) is 11.9 Å². The zero-order valence-corrected chi connectivity index (χ0v) is 8.91. The molecule has 0 aromatic heterocycles. The molecule has 0 N–H and O–H groups in total. The quantitative estimate of drug-likeness (QED) is 0.727. The smallest absolute Gasteiger partial charge is 0.170 e. The van der Waals surface area contributed by atoms with Crippen LogP contribution in [0.1, 0.15) is 36.0 Å². The molecule has 1 aliphatic carbocycles. The fourth-order valence-electron chi connectivity index (χ4n) is 2.39. The molecule has 1 aromatic carbocycles. The molecule has 0 saturated heterocycles. The van der Waals surface area contributed by atoms with E-state index in [9.17, 15) is 9.18 Å². The lowest BCUT2D eigenvalue weighted by Crippen LogP contribution is -2.37. The predicted octanol–water partition coefficient (Wildman–Crippen LogP) is 2.96. The van der Waals surface area contributed by atoms with E-state index < -0.39 is 0 Å². The molecule has 0 bridgehead atoms. The number of carbonyl (C=O) groups excluding carboxylic acids is 1. The largest absolute Gasteiger partial charge is 0.489 e. The van der Waals surface area contributed by atoms with Crippen molar-refractivity contribution in [1.82, 2.24) is 0 Å². The topological polar surface area (TPSA) is 26.3 Å². The number of hydrogen-bond acceptors (Lipinski definition) is 2. The Bertz CT molecular complexity index is 438. The summed E-state index contributed by atoms with van der Waals surface area (Å²) in [6.45, 7) is 0. The zero-order valence-electron chi connectivity index (χ0n) is 8.91. The van der Waals surface area contributed by atoms with Crippen molar-refractivity contribution in [3.8, 4) is 5.75 Å². The van der Waals surface area contributed by atoms with Gasteiger partial charge in [0.15, 0.2) is 5.78 Å². The molecular weight excluding hydrogens is 207 g/mol. The van der Waals surface area contributed by atoms with Gasteiger partial charge in [-0.25, -0.2) is 4.39 Å². The molecule has 1 aliphatic heterocycles. The van der Waals surface area contributed by atoms with Crippen LogP contribution in [0.2, 0.25) is 0 Å². The van der Waals surface area contributed by atoms with E-state index in [1.165, 1.54) is 18.6 Å². The number of rotatable bonds is 1. The van der Waals surface area contributed by atoms with Crippen molar-refractivity contribution in [1.29, 1.82) is 0 Å². The van der Waals surface area contributed by atoms with E-state index in [1.807, 2.05) is 0 Å². The van der Waals surface area contributed by atoms with Crippen LogP contribution in [0.4, 0.5) is 4.39 Å². The molecule has 84 valence electrons. The molecule has 3 heteroatoms. The van der Waals surface area contributed by atoms with Gasteiger partial charge in [-0.2, -0.15) is 0 Å². The average molecular weight is 220 g/mol. The van der Waals surface area contributed by atoms with Crippen molar-refractivity contribution in [2.24, 2.45) is 5.92 Å². The lowest BCUT2D eigenvalue weighted by atomic mass is 9.78. The van der Waals surface area contributed by atoms with Gasteiger partial charge in [0.25, 0.3) is 0 Å². The number of ketones is 1. The number of benzene rings is 1. The predicted molar refractivity (Wildman–Crippen MR) is 57.1 cm³/mol. The van der Waals surface area contributed by atoms with Crippen LogP contribution in [-0.2, 0) is 0 Å². The minimum absolute atomic E-state index is 0.0117. The molecule has 3 rings (SSSR count). The standard InChI is InChI=1S/C13H13FO2/c14-9-4-5-12-10(6-9)11(15)7-13(16-12)8-2-1-3-8/h4-6,8,13H,1-3,7H2. The molecule has 1 saturated carbocycles. The van der Waals surface area contributed by atoms with E-state index in [2.05, 4.69) is 0 Å². The number of carbonyl (C=O) groups is 1. The lowest BCUT2D eigenvalue weighted by Gasteiger charge is -2.36. The summed E-state index contributed by atoms with van der Waals surface area (Å²) in [6, 6.07) is 4.18. The van der Waals surface area contributed by atoms with E-state index in [4.69, 9.17) is 4.74 Å². The van der Waals surface area contributed by atoms with Crippen molar-refractivity contribution < 1.29 is 13.9 Å². The highest BCUT2D eigenvalue weighted by Crippen LogP contribution is 2.38. The summed E-state index contributed by atoms with van der Waals surface area (Å²) in [5.74, 6) is 0.701. The van der Waals surface area contributed by atoms with Crippen LogP contribution >= 0.6 is 0 Å². The second-order valence-electron chi connectivity index (χ2n) is 4.62. The van der Waals surface area contributed by atoms with Crippen LogP contribution in [0.5, 0.6) is 5.75 Å². The normalized spacial score (nSPS) is 24.6. The van der Waals surface area contributed by atoms with Gasteiger partial charge < -0.3 is 4.74 Å². The number of Topliss-reactive ketones (excluding diaryl/α,β-unsaturated/α-hetero) is 1. The van der Waals surface area contributed by atoms with Crippen molar-refractivity contribution >= 4 is 5.78 Å². The van der Waals surface area contributed by atoms with E-state index in [0.29, 0.717) is 23.7 Å². The molecule has 0 amide bonds. The molecule has 16 heavy (non-hydrogen) atoms. The van der Waals surface area contributed by atoms with Gasteiger partial charge in [0.1, 0.15) is 17.7 Å². The van der Waals surface area contributed by atoms with Crippen molar-refractivity contribution in [3.05, 3.63) is 29.6 Å². The summed E-state index contributed by atoms with van der Waals surface area (Å²) < 4.78 is 18.8. The Hall–Kier alpha value is -1.38. The molecule has 1 atom stereocenters. The monoisotopic (exact) mass is 220 g/mol. The van der Waals surface area contributed by atoms with Crippen molar-refractivity contribution in [3.63, 3.8) is 0 Å². The molecule has 1 fully saturated rings. The van der Waals surface area contributed by atoms with Crippen LogP contribution in [0.15, 0.2) is 18.2 Å². The summed E-state index contributed by atoms with van der Waals surface area (Å²) >= 11 is 0. The van der Waals surface area contributed by atoms with Gasteiger partial charge >= 0.3 is 0 Å². The minimum atomic E-state index is -0.377. The second kappa shape index (κ2) is 3.58. The maximum absolute atomic E-state index is 13.0. The van der Waals surface area contributed by atoms with Gasteiger partial charge in [-0.15, -0.1) is 0 Å². The van der Waals surface area contributed by atoms with Gasteiger partial charge in [-0.1, -0.05) is 6.42 Å². The Morgan fingerprint density at radius 3 is 2.81 bits per heavy atom. The van der Waals surface area contributed by atoms with Gasteiger partial charge in [-0.05, 0) is 37.0 Å². The fraction of sp³-hybridized carbons (Fsp3) is 0.462. The SMILES string of the molecule is O=C1CC(C2CCC2)Oc2ccc(F)cc21. The van der Waals surface area contributed by atoms with Crippen LogP contribution in [0, 0.1) is 11.7 Å². The molecule has 1 unspecified atom stereocenters. The summed E-state index contributed by atoms with van der Waals surface area (Å²) in [7, 11) is 0. The van der Waals surface area contributed by atoms with Gasteiger partial charge in [-0.3, -0.25) is 4.79 Å². The van der Waals surface area contributed by atoms with Gasteiger partial charge in [0.2, 0.25) is 0 Å². The molecule has 1 heterocycles. The Kier molecular flexibility index (Phi) is 2.20. The molecule has 2 nitrogen and oxygen atoms in total.